The molecule has 0 bridgehead atoms. The Morgan fingerprint density at radius 3 is 2.48 bits per heavy atom. The Labute approximate surface area is 201 Å². The van der Waals surface area contributed by atoms with E-state index in [4.69, 9.17) is 9.73 Å². The number of allylic oxidation sites excluding steroid dienone is 2. The van der Waals surface area contributed by atoms with E-state index < -0.39 is 5.60 Å². The molecule has 179 valence electrons. The molecule has 0 spiro atoms. The van der Waals surface area contributed by atoms with Gasteiger partial charge in [-0.1, -0.05) is 13.0 Å². The van der Waals surface area contributed by atoms with Gasteiger partial charge in [0, 0.05) is 42.7 Å². The lowest BCUT2D eigenvalue weighted by atomic mass is 9.82. The van der Waals surface area contributed by atoms with Crippen LogP contribution in [0.5, 0.6) is 0 Å². The molecule has 0 saturated carbocycles. The van der Waals surface area contributed by atoms with Crippen molar-refractivity contribution in [2.45, 2.75) is 57.5 Å². The first kappa shape index (κ1) is 25.5. The van der Waals surface area contributed by atoms with Crippen LogP contribution in [-0.2, 0) is 4.74 Å². The molecule has 5 nitrogen and oxygen atoms in total. The third-order valence-electron chi connectivity index (χ3n) is 6.04. The molecular weight excluding hydrogens is 437 g/mol. The van der Waals surface area contributed by atoms with Gasteiger partial charge in [0.25, 0.3) is 0 Å². The lowest BCUT2D eigenvalue weighted by Crippen LogP contribution is -2.42. The molecule has 0 N–H and O–H groups in total. The number of ether oxygens (including phenoxy) is 1. The van der Waals surface area contributed by atoms with Gasteiger partial charge in [0.2, 0.25) is 0 Å². The Morgan fingerprint density at radius 2 is 1.97 bits per heavy atom. The number of carbonyl (C=O) groups excluding carboxylic acids is 1. The van der Waals surface area contributed by atoms with Crippen molar-refractivity contribution in [1.29, 1.82) is 0 Å². The maximum atomic E-state index is 14.3. The molecule has 1 aromatic rings. The maximum Gasteiger partial charge on any atom is 0.410 e. The summed E-state index contributed by atoms with van der Waals surface area (Å²) in [6.07, 6.45) is 8.47. The van der Waals surface area contributed by atoms with E-state index in [0.29, 0.717) is 41.2 Å². The second-order valence-electron chi connectivity index (χ2n) is 9.73. The van der Waals surface area contributed by atoms with Crippen LogP contribution in [-0.4, -0.2) is 54.5 Å². The molecule has 0 aromatic heterocycles. The Balaban J connectivity index is 1.64. The van der Waals surface area contributed by atoms with Gasteiger partial charge in [-0.15, -0.1) is 11.8 Å². The highest BCUT2D eigenvalue weighted by Gasteiger charge is 2.30. The Hall–Kier alpha value is -2.15. The van der Waals surface area contributed by atoms with Crippen molar-refractivity contribution in [3.05, 3.63) is 47.6 Å². The minimum atomic E-state index is -0.474. The molecule has 1 aromatic carbocycles. The molecule has 7 heteroatoms. The number of aliphatic imine (C=N–C) groups is 2. The number of thioether (sulfide) groups is 1. The summed E-state index contributed by atoms with van der Waals surface area (Å²) >= 11 is 1.38. The number of amides is 1. The molecule has 1 heterocycles. The first-order chi connectivity index (χ1) is 15.6. The predicted molar refractivity (Wildman–Crippen MR) is 135 cm³/mol. The van der Waals surface area contributed by atoms with Crippen LogP contribution in [0.3, 0.4) is 0 Å². The van der Waals surface area contributed by atoms with Crippen molar-refractivity contribution >= 4 is 29.4 Å². The number of carbonyl (C=O) groups is 1. The third-order valence-corrected chi connectivity index (χ3v) is 6.81. The standard InChI is InChI=1S/C26H35FN3O2S/c1-17(18-11-13-30(14-12-18)25(31)32-26(2,3)4)15-22(19-7-8-19)29-24(28-5)20-9-10-23(33-6)21(27)16-20/h7-10,16-18H,11-15H2,1-6H3. The average Bonchev–Trinajstić information content (AvgIpc) is 3.61. The van der Waals surface area contributed by atoms with Gasteiger partial charge in [0.1, 0.15) is 11.4 Å². The summed E-state index contributed by atoms with van der Waals surface area (Å²) in [4.78, 5) is 24.0. The molecule has 1 saturated heterocycles. The van der Waals surface area contributed by atoms with E-state index in [1.807, 2.05) is 38.0 Å². The first-order valence-corrected chi connectivity index (χ1v) is 12.8. The van der Waals surface area contributed by atoms with Crippen molar-refractivity contribution in [2.75, 3.05) is 26.4 Å². The fourth-order valence-electron chi connectivity index (χ4n) is 4.09. The highest BCUT2D eigenvalue weighted by atomic mass is 32.2. The fourth-order valence-corrected chi connectivity index (χ4v) is 4.55. The number of piperidine rings is 1. The zero-order valence-electron chi connectivity index (χ0n) is 20.5. The second-order valence-corrected chi connectivity index (χ2v) is 10.6. The number of benzene rings is 1. The molecule has 33 heavy (non-hydrogen) atoms. The summed E-state index contributed by atoms with van der Waals surface area (Å²) in [7, 11) is 1.69. The smallest absolute Gasteiger partial charge is 0.410 e. The lowest BCUT2D eigenvalue weighted by Gasteiger charge is -2.35. The van der Waals surface area contributed by atoms with Gasteiger partial charge >= 0.3 is 6.09 Å². The molecule has 1 atom stereocenters. The zero-order chi connectivity index (χ0) is 24.2. The summed E-state index contributed by atoms with van der Waals surface area (Å²) < 4.78 is 19.8. The molecule has 1 aliphatic carbocycles. The molecule has 1 amide bonds. The number of hydrogen-bond acceptors (Lipinski definition) is 4. The van der Waals surface area contributed by atoms with Gasteiger partial charge in [-0.2, -0.15) is 0 Å². The number of halogens is 1. The minimum absolute atomic E-state index is 0.225. The minimum Gasteiger partial charge on any atom is -0.444 e. The average molecular weight is 473 g/mol. The van der Waals surface area contributed by atoms with E-state index in [0.717, 1.165) is 30.5 Å². The summed E-state index contributed by atoms with van der Waals surface area (Å²) in [5.41, 5.74) is 2.34. The van der Waals surface area contributed by atoms with E-state index in [9.17, 15) is 9.18 Å². The van der Waals surface area contributed by atoms with E-state index in [-0.39, 0.29) is 11.9 Å². The molecule has 3 rings (SSSR count). The van der Waals surface area contributed by atoms with Crippen molar-refractivity contribution < 1.29 is 13.9 Å². The van der Waals surface area contributed by atoms with Crippen LogP contribution in [0.25, 0.3) is 0 Å². The van der Waals surface area contributed by atoms with Crippen LogP contribution in [0.4, 0.5) is 9.18 Å². The monoisotopic (exact) mass is 472 g/mol. The number of likely N-dealkylation sites (tertiary alicyclic amines) is 1. The first-order valence-electron chi connectivity index (χ1n) is 11.5. The Kier molecular flexibility index (Phi) is 8.38. The van der Waals surface area contributed by atoms with Gasteiger partial charge in [-0.05, 0) is 81.9 Å². The van der Waals surface area contributed by atoms with Crippen molar-refractivity contribution in [1.82, 2.24) is 4.90 Å². The second kappa shape index (κ2) is 10.9. The topological polar surface area (TPSA) is 54.3 Å². The van der Waals surface area contributed by atoms with Crippen LogP contribution < -0.4 is 0 Å². The van der Waals surface area contributed by atoms with Crippen molar-refractivity contribution in [2.24, 2.45) is 21.8 Å². The van der Waals surface area contributed by atoms with Crippen molar-refractivity contribution in [3.8, 4) is 0 Å². The quantitative estimate of drug-likeness (QED) is 0.282. The van der Waals surface area contributed by atoms with E-state index >= 15 is 0 Å². The normalized spacial score (nSPS) is 18.8. The highest BCUT2D eigenvalue weighted by Crippen LogP contribution is 2.32. The largest absolute Gasteiger partial charge is 0.444 e. The van der Waals surface area contributed by atoms with E-state index in [1.165, 1.54) is 17.8 Å². The Bertz CT molecular complexity index is 957. The molecule has 1 fully saturated rings. The molecule has 1 radical (unpaired) electrons. The number of rotatable bonds is 6. The fraction of sp³-hybridized carbons (Fsp3) is 0.538. The van der Waals surface area contributed by atoms with Crippen LogP contribution in [0, 0.1) is 24.1 Å². The van der Waals surface area contributed by atoms with E-state index in [1.54, 1.807) is 13.1 Å². The maximum absolute atomic E-state index is 14.3. The highest BCUT2D eigenvalue weighted by molar-refractivity contribution is 7.98. The van der Waals surface area contributed by atoms with Crippen LogP contribution >= 0.6 is 11.8 Å². The van der Waals surface area contributed by atoms with Gasteiger partial charge in [-0.25, -0.2) is 14.2 Å². The van der Waals surface area contributed by atoms with Gasteiger partial charge in [-0.3, -0.25) is 4.99 Å². The van der Waals surface area contributed by atoms with Gasteiger partial charge in [0.15, 0.2) is 5.84 Å². The third kappa shape index (κ3) is 7.16. The lowest BCUT2D eigenvalue weighted by molar-refractivity contribution is 0.0164. The van der Waals surface area contributed by atoms with Crippen molar-refractivity contribution in [3.63, 3.8) is 0 Å². The Morgan fingerprint density at radius 1 is 1.30 bits per heavy atom. The molecular formula is C26H35FN3O2S. The van der Waals surface area contributed by atoms with E-state index in [2.05, 4.69) is 24.4 Å². The number of amidine groups is 1. The zero-order valence-corrected chi connectivity index (χ0v) is 21.3. The van der Waals surface area contributed by atoms with Crippen LogP contribution in [0.1, 0.15) is 52.5 Å². The number of hydrogen-bond donors (Lipinski definition) is 0. The predicted octanol–water partition coefficient (Wildman–Crippen LogP) is 6.18. The summed E-state index contributed by atoms with van der Waals surface area (Å²) in [5.74, 6) is 1.21. The summed E-state index contributed by atoms with van der Waals surface area (Å²) in [6.45, 7) is 9.36. The summed E-state index contributed by atoms with van der Waals surface area (Å²) in [5, 5.41) is 0. The van der Waals surface area contributed by atoms with Crippen LogP contribution in [0.15, 0.2) is 44.7 Å². The van der Waals surface area contributed by atoms with Gasteiger partial charge < -0.3 is 9.64 Å². The molecule has 2 aliphatic rings. The molecule has 1 unspecified atom stereocenters. The molecule has 1 aliphatic heterocycles. The SMILES string of the molecule is CN=C(N=C(CC(C)C1CCN(C(=O)OC(C)(C)C)CC1)C1=C[CH]1)c1ccc(SC)c(F)c1. The number of nitrogens with zero attached hydrogens (tertiary/aromatic N) is 3. The van der Waals surface area contributed by atoms with Gasteiger partial charge in [0.05, 0.1) is 0 Å². The van der Waals surface area contributed by atoms with Crippen LogP contribution in [0.2, 0.25) is 0 Å². The summed E-state index contributed by atoms with van der Waals surface area (Å²) in [6, 6.07) is 5.16.